The first kappa shape index (κ1) is 12.6. The van der Waals surface area contributed by atoms with Crippen LogP contribution in [-0.2, 0) is 0 Å². The maximum atomic E-state index is 12.1. The molecule has 1 N–H and O–H groups in total. The van der Waals surface area contributed by atoms with Gasteiger partial charge in [0.15, 0.2) is 5.82 Å². The van der Waals surface area contributed by atoms with Crippen LogP contribution in [0.4, 0.5) is 5.82 Å². The van der Waals surface area contributed by atoms with E-state index < -0.39 is 0 Å². The Labute approximate surface area is 120 Å². The molecule has 3 aromatic rings. The molecule has 0 aliphatic rings. The number of rotatable bonds is 2. The van der Waals surface area contributed by atoms with Crippen LogP contribution >= 0.6 is 11.6 Å². The second-order valence-electron chi connectivity index (χ2n) is 4.24. The molecular weight excluding hydrogens is 274 g/mol. The first-order valence-electron chi connectivity index (χ1n) is 6.00. The van der Waals surface area contributed by atoms with Crippen LogP contribution in [0.5, 0.6) is 0 Å². The molecule has 0 aliphatic heterocycles. The largest absolute Gasteiger partial charge is 0.305 e. The Morgan fingerprint density at radius 1 is 1.05 bits per heavy atom. The number of benzene rings is 2. The van der Waals surface area contributed by atoms with Crippen molar-refractivity contribution in [2.24, 2.45) is 0 Å². The van der Waals surface area contributed by atoms with Crippen LogP contribution in [-0.4, -0.2) is 15.9 Å². The summed E-state index contributed by atoms with van der Waals surface area (Å²) < 4.78 is 0. The fourth-order valence-electron chi connectivity index (χ4n) is 1.92. The van der Waals surface area contributed by atoms with Gasteiger partial charge in [0.25, 0.3) is 5.91 Å². The number of halogens is 1. The molecule has 0 atom stereocenters. The number of anilines is 1. The van der Waals surface area contributed by atoms with E-state index in [9.17, 15) is 4.79 Å². The minimum absolute atomic E-state index is 0.237. The lowest BCUT2D eigenvalue weighted by molar-refractivity contribution is 0.102. The topological polar surface area (TPSA) is 54.9 Å². The number of amides is 1. The average molecular weight is 284 g/mol. The zero-order valence-electron chi connectivity index (χ0n) is 10.4. The number of aromatic nitrogens is 2. The van der Waals surface area contributed by atoms with Crippen molar-refractivity contribution in [2.75, 3.05) is 5.32 Å². The molecule has 0 spiro atoms. The molecule has 1 amide bonds. The summed E-state index contributed by atoms with van der Waals surface area (Å²) in [5, 5.41) is 5.00. The van der Waals surface area contributed by atoms with Gasteiger partial charge < -0.3 is 5.32 Å². The molecule has 0 bridgehead atoms. The summed E-state index contributed by atoms with van der Waals surface area (Å²) >= 11 is 5.73. The summed E-state index contributed by atoms with van der Waals surface area (Å²) in [5.74, 6) is 0.0861. The third-order valence-electron chi connectivity index (χ3n) is 2.86. The van der Waals surface area contributed by atoms with Gasteiger partial charge in [0, 0.05) is 5.56 Å². The van der Waals surface area contributed by atoms with Crippen LogP contribution in [0.3, 0.4) is 0 Å². The molecule has 3 rings (SSSR count). The zero-order valence-corrected chi connectivity index (χ0v) is 11.1. The number of carbonyl (C=O) groups is 1. The van der Waals surface area contributed by atoms with Gasteiger partial charge in [0.05, 0.1) is 12.4 Å². The molecule has 5 heteroatoms. The quantitative estimate of drug-likeness (QED) is 0.783. The minimum Gasteiger partial charge on any atom is -0.305 e. The van der Waals surface area contributed by atoms with E-state index in [4.69, 9.17) is 11.6 Å². The predicted molar refractivity (Wildman–Crippen MR) is 78.9 cm³/mol. The maximum absolute atomic E-state index is 12.1. The number of hydrogen-bond acceptors (Lipinski definition) is 3. The minimum atomic E-state index is -0.243. The zero-order chi connectivity index (χ0) is 13.9. The summed E-state index contributed by atoms with van der Waals surface area (Å²) in [4.78, 5) is 20.0. The van der Waals surface area contributed by atoms with Crippen LogP contribution < -0.4 is 5.32 Å². The molecule has 0 fully saturated rings. The molecule has 0 radical (unpaired) electrons. The monoisotopic (exact) mass is 283 g/mol. The second kappa shape index (κ2) is 5.27. The van der Waals surface area contributed by atoms with Gasteiger partial charge in [-0.1, -0.05) is 41.9 Å². The van der Waals surface area contributed by atoms with Crippen LogP contribution in [0.2, 0.25) is 5.15 Å². The van der Waals surface area contributed by atoms with Crippen molar-refractivity contribution in [3.8, 4) is 0 Å². The molecule has 0 saturated heterocycles. The van der Waals surface area contributed by atoms with Crippen molar-refractivity contribution in [3.05, 3.63) is 65.6 Å². The van der Waals surface area contributed by atoms with Crippen molar-refractivity contribution >= 4 is 34.1 Å². The Balaban J connectivity index is 1.88. The first-order chi connectivity index (χ1) is 9.72. The summed E-state index contributed by atoms with van der Waals surface area (Å²) in [6.45, 7) is 0. The van der Waals surface area contributed by atoms with Crippen molar-refractivity contribution in [3.63, 3.8) is 0 Å². The van der Waals surface area contributed by atoms with Gasteiger partial charge >= 0.3 is 0 Å². The molecule has 0 saturated carbocycles. The highest BCUT2D eigenvalue weighted by Gasteiger charge is 2.08. The van der Waals surface area contributed by atoms with E-state index in [0.717, 1.165) is 10.8 Å². The van der Waals surface area contributed by atoms with Crippen molar-refractivity contribution in [1.82, 2.24) is 9.97 Å². The average Bonchev–Trinajstić information content (AvgIpc) is 2.47. The van der Waals surface area contributed by atoms with E-state index >= 15 is 0 Å². The lowest BCUT2D eigenvalue weighted by atomic mass is 10.1. The number of carbonyl (C=O) groups excluding carboxylic acids is 1. The van der Waals surface area contributed by atoms with Crippen molar-refractivity contribution in [1.29, 1.82) is 0 Å². The summed E-state index contributed by atoms with van der Waals surface area (Å²) in [6.07, 6.45) is 2.86. The molecule has 1 aromatic heterocycles. The Kier molecular flexibility index (Phi) is 3.31. The van der Waals surface area contributed by atoms with Crippen LogP contribution in [0.1, 0.15) is 10.4 Å². The van der Waals surface area contributed by atoms with Crippen molar-refractivity contribution < 1.29 is 4.79 Å². The number of nitrogens with one attached hydrogen (secondary N) is 1. The lowest BCUT2D eigenvalue weighted by Crippen LogP contribution is -2.13. The summed E-state index contributed by atoms with van der Waals surface area (Å²) in [7, 11) is 0. The SMILES string of the molecule is O=C(Nc1cncc(Cl)n1)c1ccc2ccccc2c1. The fraction of sp³-hybridized carbons (Fsp3) is 0. The highest BCUT2D eigenvalue weighted by molar-refractivity contribution is 6.29. The Bertz CT molecular complexity index is 789. The summed E-state index contributed by atoms with van der Waals surface area (Å²) in [5.41, 5.74) is 0.561. The van der Waals surface area contributed by atoms with Crippen molar-refractivity contribution in [2.45, 2.75) is 0 Å². The Morgan fingerprint density at radius 3 is 2.65 bits per heavy atom. The molecule has 2 aromatic carbocycles. The number of nitrogens with zero attached hydrogens (tertiary/aromatic N) is 2. The first-order valence-corrected chi connectivity index (χ1v) is 6.38. The van der Waals surface area contributed by atoms with Crippen LogP contribution in [0, 0.1) is 0 Å². The molecule has 98 valence electrons. The smallest absolute Gasteiger partial charge is 0.256 e. The van der Waals surface area contributed by atoms with E-state index in [1.54, 1.807) is 6.07 Å². The van der Waals surface area contributed by atoms with E-state index in [1.165, 1.54) is 12.4 Å². The van der Waals surface area contributed by atoms with E-state index in [1.807, 2.05) is 36.4 Å². The van der Waals surface area contributed by atoms with Crippen LogP contribution in [0.15, 0.2) is 54.9 Å². The van der Waals surface area contributed by atoms with Gasteiger partial charge in [0.1, 0.15) is 5.15 Å². The third kappa shape index (κ3) is 2.60. The highest BCUT2D eigenvalue weighted by Crippen LogP contribution is 2.16. The molecule has 20 heavy (non-hydrogen) atoms. The molecule has 1 heterocycles. The van der Waals surface area contributed by atoms with E-state index in [-0.39, 0.29) is 11.1 Å². The van der Waals surface area contributed by atoms with Gasteiger partial charge in [0.2, 0.25) is 0 Å². The Morgan fingerprint density at radius 2 is 1.85 bits per heavy atom. The summed E-state index contributed by atoms with van der Waals surface area (Å²) in [6, 6.07) is 13.4. The van der Waals surface area contributed by atoms with Gasteiger partial charge in [-0.2, -0.15) is 0 Å². The predicted octanol–water partition coefficient (Wildman–Crippen LogP) is 3.54. The van der Waals surface area contributed by atoms with Crippen LogP contribution in [0.25, 0.3) is 10.8 Å². The second-order valence-corrected chi connectivity index (χ2v) is 4.63. The van der Waals surface area contributed by atoms with E-state index in [0.29, 0.717) is 11.4 Å². The lowest BCUT2D eigenvalue weighted by Gasteiger charge is -2.05. The Hall–Kier alpha value is -2.46. The number of hydrogen-bond donors (Lipinski definition) is 1. The normalized spacial score (nSPS) is 10.4. The molecular formula is C15H10ClN3O. The van der Waals surface area contributed by atoms with Gasteiger partial charge in [-0.25, -0.2) is 4.98 Å². The molecule has 0 aliphatic carbocycles. The number of fused-ring (bicyclic) bond motifs is 1. The molecule has 4 nitrogen and oxygen atoms in total. The maximum Gasteiger partial charge on any atom is 0.256 e. The highest BCUT2D eigenvalue weighted by atomic mass is 35.5. The third-order valence-corrected chi connectivity index (χ3v) is 3.04. The standard InChI is InChI=1S/C15H10ClN3O/c16-13-8-17-9-14(18-13)19-15(20)12-6-5-10-3-1-2-4-11(10)7-12/h1-9H,(H,18,19,20). The van der Waals surface area contributed by atoms with E-state index in [2.05, 4.69) is 15.3 Å². The fourth-order valence-corrected chi connectivity index (χ4v) is 2.07. The van der Waals surface area contributed by atoms with Gasteiger partial charge in [-0.15, -0.1) is 0 Å². The van der Waals surface area contributed by atoms with Gasteiger partial charge in [-0.05, 0) is 22.9 Å². The molecule has 0 unspecified atom stereocenters. The van der Waals surface area contributed by atoms with Gasteiger partial charge in [-0.3, -0.25) is 9.78 Å².